The second-order valence-electron chi connectivity index (χ2n) is 3.54. The van der Waals surface area contributed by atoms with Crippen molar-refractivity contribution in [3.63, 3.8) is 0 Å². The third-order valence-corrected chi connectivity index (χ3v) is 2.52. The number of hydrogen-bond acceptors (Lipinski definition) is 4. The molecule has 0 saturated carbocycles. The standard InChI is InChI=1S/C12H14ClNO3/c1-2-17-12(15)11(14-16)7-6-9-4-3-5-10(13)8-9/h3-5,8,11H,2,6-7H2,1H3. The first-order chi connectivity index (χ1) is 8.17. The van der Waals surface area contributed by atoms with Gasteiger partial charge in [0.05, 0.1) is 6.61 Å². The van der Waals surface area contributed by atoms with Gasteiger partial charge in [-0.25, -0.2) is 4.79 Å². The summed E-state index contributed by atoms with van der Waals surface area (Å²) in [5.74, 6) is -0.565. The summed E-state index contributed by atoms with van der Waals surface area (Å²) in [6.07, 6.45) is 0.901. The summed E-state index contributed by atoms with van der Waals surface area (Å²) in [6.45, 7) is 1.94. The van der Waals surface area contributed by atoms with Crippen molar-refractivity contribution in [3.05, 3.63) is 39.8 Å². The summed E-state index contributed by atoms with van der Waals surface area (Å²) in [5.41, 5.74) is 0.968. The van der Waals surface area contributed by atoms with E-state index in [1.807, 2.05) is 12.1 Å². The van der Waals surface area contributed by atoms with E-state index in [0.717, 1.165) is 5.56 Å². The molecule has 4 nitrogen and oxygen atoms in total. The molecule has 0 N–H and O–H groups in total. The van der Waals surface area contributed by atoms with E-state index in [1.54, 1.807) is 19.1 Å². The highest BCUT2D eigenvalue weighted by Gasteiger charge is 2.20. The van der Waals surface area contributed by atoms with Crippen molar-refractivity contribution >= 4 is 17.6 Å². The lowest BCUT2D eigenvalue weighted by Crippen LogP contribution is -2.21. The number of benzene rings is 1. The monoisotopic (exact) mass is 255 g/mol. The summed E-state index contributed by atoms with van der Waals surface area (Å²) < 4.78 is 4.75. The van der Waals surface area contributed by atoms with E-state index in [0.29, 0.717) is 17.9 Å². The van der Waals surface area contributed by atoms with Crippen LogP contribution in [0.15, 0.2) is 29.4 Å². The van der Waals surface area contributed by atoms with Gasteiger partial charge in [0.1, 0.15) is 0 Å². The van der Waals surface area contributed by atoms with Gasteiger partial charge in [0, 0.05) is 5.02 Å². The van der Waals surface area contributed by atoms with Crippen LogP contribution in [0.3, 0.4) is 0 Å². The smallest absolute Gasteiger partial charge is 0.334 e. The fourth-order valence-electron chi connectivity index (χ4n) is 1.45. The number of rotatable bonds is 6. The Bertz CT molecular complexity index is 395. The number of halogens is 1. The van der Waals surface area contributed by atoms with Crippen LogP contribution >= 0.6 is 11.6 Å². The largest absolute Gasteiger partial charge is 0.464 e. The lowest BCUT2D eigenvalue weighted by atomic mass is 10.1. The predicted octanol–water partition coefficient (Wildman–Crippen LogP) is 2.97. The van der Waals surface area contributed by atoms with Gasteiger partial charge in [0.2, 0.25) is 0 Å². The summed E-state index contributed by atoms with van der Waals surface area (Å²) in [7, 11) is 0. The number of esters is 1. The molecule has 0 heterocycles. The Morgan fingerprint density at radius 2 is 2.29 bits per heavy atom. The van der Waals surface area contributed by atoms with Gasteiger partial charge in [0.25, 0.3) is 0 Å². The van der Waals surface area contributed by atoms with Gasteiger partial charge >= 0.3 is 5.97 Å². The van der Waals surface area contributed by atoms with Crippen molar-refractivity contribution in [1.82, 2.24) is 0 Å². The van der Waals surface area contributed by atoms with E-state index in [1.165, 1.54) is 0 Å². The van der Waals surface area contributed by atoms with E-state index in [-0.39, 0.29) is 6.61 Å². The number of aryl methyl sites for hydroxylation is 1. The van der Waals surface area contributed by atoms with Crippen molar-refractivity contribution in [1.29, 1.82) is 0 Å². The molecule has 0 aliphatic heterocycles. The molecule has 0 saturated heterocycles. The van der Waals surface area contributed by atoms with Crippen LogP contribution in [0, 0.1) is 4.91 Å². The Morgan fingerprint density at radius 3 is 2.88 bits per heavy atom. The van der Waals surface area contributed by atoms with E-state index >= 15 is 0 Å². The summed E-state index contributed by atoms with van der Waals surface area (Å²) in [5, 5.41) is 3.42. The maximum Gasteiger partial charge on any atom is 0.334 e. The Balaban J connectivity index is 2.53. The third-order valence-electron chi connectivity index (χ3n) is 2.28. The summed E-state index contributed by atoms with van der Waals surface area (Å²) in [4.78, 5) is 21.9. The van der Waals surface area contributed by atoms with Crippen molar-refractivity contribution in [2.45, 2.75) is 25.8 Å². The molecule has 1 aromatic carbocycles. The molecule has 0 bridgehead atoms. The summed E-state index contributed by atoms with van der Waals surface area (Å²) >= 11 is 5.83. The second-order valence-corrected chi connectivity index (χ2v) is 3.98. The molecule has 0 fully saturated rings. The molecule has 1 aromatic rings. The molecule has 0 aromatic heterocycles. The number of ether oxygens (including phenoxy) is 1. The first-order valence-corrected chi connectivity index (χ1v) is 5.78. The van der Waals surface area contributed by atoms with Gasteiger partial charge in [-0.2, -0.15) is 0 Å². The molecule has 1 atom stereocenters. The topological polar surface area (TPSA) is 55.7 Å². The normalized spacial score (nSPS) is 11.9. The Kier molecular flexibility index (Phi) is 5.63. The second kappa shape index (κ2) is 7.01. The van der Waals surface area contributed by atoms with Crippen molar-refractivity contribution in [2.75, 3.05) is 6.61 Å². The predicted molar refractivity (Wildman–Crippen MR) is 66.0 cm³/mol. The average Bonchev–Trinajstić information content (AvgIpc) is 2.30. The lowest BCUT2D eigenvalue weighted by Gasteiger charge is -2.08. The molecule has 1 unspecified atom stereocenters. The highest BCUT2D eigenvalue weighted by molar-refractivity contribution is 6.30. The van der Waals surface area contributed by atoms with Crippen LogP contribution in [0.25, 0.3) is 0 Å². The highest BCUT2D eigenvalue weighted by Crippen LogP contribution is 2.14. The lowest BCUT2D eigenvalue weighted by molar-refractivity contribution is -0.144. The highest BCUT2D eigenvalue weighted by atomic mass is 35.5. The van der Waals surface area contributed by atoms with Crippen molar-refractivity contribution < 1.29 is 9.53 Å². The van der Waals surface area contributed by atoms with Crippen LogP contribution in [0.1, 0.15) is 18.9 Å². The first kappa shape index (κ1) is 13.6. The summed E-state index contributed by atoms with van der Waals surface area (Å²) in [6, 6.07) is 6.35. The van der Waals surface area contributed by atoms with Crippen LogP contribution in [0.5, 0.6) is 0 Å². The van der Waals surface area contributed by atoms with Crippen LogP contribution in [-0.2, 0) is 16.0 Å². The van der Waals surface area contributed by atoms with Gasteiger partial charge in [-0.05, 0) is 37.5 Å². The van der Waals surface area contributed by atoms with E-state index in [9.17, 15) is 9.70 Å². The Morgan fingerprint density at radius 1 is 1.53 bits per heavy atom. The molecule has 0 amide bonds. The number of nitrogens with zero attached hydrogens (tertiary/aromatic N) is 1. The fraction of sp³-hybridized carbons (Fsp3) is 0.417. The van der Waals surface area contributed by atoms with Crippen LogP contribution < -0.4 is 0 Å². The zero-order chi connectivity index (χ0) is 12.7. The molecule has 1 rings (SSSR count). The minimum absolute atomic E-state index is 0.252. The molecule has 0 radical (unpaired) electrons. The van der Waals surface area contributed by atoms with Gasteiger partial charge in [-0.3, -0.25) is 0 Å². The van der Waals surface area contributed by atoms with Crippen LogP contribution in [0.2, 0.25) is 5.02 Å². The molecule has 92 valence electrons. The van der Waals surface area contributed by atoms with Gasteiger partial charge in [-0.15, -0.1) is 4.91 Å². The van der Waals surface area contributed by atoms with E-state index < -0.39 is 12.0 Å². The zero-order valence-electron chi connectivity index (χ0n) is 9.56. The quantitative estimate of drug-likeness (QED) is 0.580. The Hall–Kier alpha value is -1.42. The van der Waals surface area contributed by atoms with Crippen LogP contribution in [0.4, 0.5) is 0 Å². The minimum Gasteiger partial charge on any atom is -0.464 e. The molecular formula is C12H14ClNO3. The third kappa shape index (κ3) is 4.53. The molecule has 17 heavy (non-hydrogen) atoms. The molecule has 0 spiro atoms. The molecule has 0 aliphatic rings. The average molecular weight is 256 g/mol. The van der Waals surface area contributed by atoms with Crippen molar-refractivity contribution in [2.24, 2.45) is 5.18 Å². The van der Waals surface area contributed by atoms with E-state index in [4.69, 9.17) is 16.3 Å². The number of carbonyl (C=O) groups is 1. The molecule has 5 heteroatoms. The molecular weight excluding hydrogens is 242 g/mol. The number of nitroso groups, excluding NO2 is 1. The van der Waals surface area contributed by atoms with E-state index in [2.05, 4.69) is 5.18 Å². The molecule has 0 aliphatic carbocycles. The van der Waals surface area contributed by atoms with Crippen molar-refractivity contribution in [3.8, 4) is 0 Å². The SMILES string of the molecule is CCOC(=O)C(CCc1cccc(Cl)c1)N=O. The van der Waals surface area contributed by atoms with Gasteiger partial charge in [0.15, 0.2) is 6.04 Å². The zero-order valence-corrected chi connectivity index (χ0v) is 10.3. The minimum atomic E-state index is -0.936. The maximum absolute atomic E-state index is 11.3. The first-order valence-electron chi connectivity index (χ1n) is 5.41. The fourth-order valence-corrected chi connectivity index (χ4v) is 1.66. The number of hydrogen-bond donors (Lipinski definition) is 0. The van der Waals surface area contributed by atoms with Gasteiger partial charge < -0.3 is 4.74 Å². The van der Waals surface area contributed by atoms with Crippen LogP contribution in [-0.4, -0.2) is 18.6 Å². The Labute approximate surface area is 105 Å². The maximum atomic E-state index is 11.3. The number of carbonyl (C=O) groups excluding carboxylic acids is 1. The van der Waals surface area contributed by atoms with Gasteiger partial charge in [-0.1, -0.05) is 28.9 Å².